The highest BCUT2D eigenvalue weighted by Crippen LogP contribution is 2.28. The molecule has 1 saturated carbocycles. The Labute approximate surface area is 230 Å². The van der Waals surface area contributed by atoms with E-state index in [1.807, 2.05) is 24.3 Å². The lowest BCUT2D eigenvalue weighted by Crippen LogP contribution is -2.55. The molecule has 1 heterocycles. The van der Waals surface area contributed by atoms with Gasteiger partial charge in [-0.15, -0.1) is 0 Å². The number of carbonyl (C=O) groups is 3. The van der Waals surface area contributed by atoms with Crippen molar-refractivity contribution in [3.05, 3.63) is 33.4 Å². The predicted molar refractivity (Wildman–Crippen MR) is 143 cm³/mol. The highest BCUT2D eigenvalue weighted by atomic mass is 127. The van der Waals surface area contributed by atoms with Gasteiger partial charge in [0.2, 0.25) is 17.3 Å². The number of aliphatic hydroxyl groups excluding tert-OH is 1. The Morgan fingerprint density at radius 2 is 1.86 bits per heavy atom. The first kappa shape index (κ1) is 29.6. The number of benzene rings is 1. The molecule has 1 aliphatic heterocycles. The van der Waals surface area contributed by atoms with Crippen molar-refractivity contribution < 1.29 is 37.2 Å². The van der Waals surface area contributed by atoms with Crippen molar-refractivity contribution in [2.45, 2.75) is 75.5 Å². The van der Waals surface area contributed by atoms with Crippen LogP contribution < -0.4 is 16.0 Å². The van der Waals surface area contributed by atoms with Gasteiger partial charge in [0, 0.05) is 16.0 Å². The minimum atomic E-state index is -4.93. The Hall–Kier alpha value is -1.97. The van der Waals surface area contributed by atoms with Crippen LogP contribution in [0.15, 0.2) is 24.3 Å². The fraction of sp³-hybridized carbons (Fsp3) is 0.625. The van der Waals surface area contributed by atoms with Gasteiger partial charge in [-0.2, -0.15) is 8.42 Å². The highest BCUT2D eigenvalue weighted by molar-refractivity contribution is 14.1. The third-order valence-electron chi connectivity index (χ3n) is 6.84. The molecule has 11 nitrogen and oxygen atoms in total. The predicted octanol–water partition coefficient (Wildman–Crippen LogP) is 2.07. The maximum Gasteiger partial charge on any atom is 0.408 e. The molecule has 4 atom stereocenters. The molecule has 0 spiro atoms. The second-order valence-corrected chi connectivity index (χ2v) is 12.4. The minimum Gasteiger partial charge on any atom is -0.445 e. The molecule has 0 radical (unpaired) electrons. The van der Waals surface area contributed by atoms with E-state index in [2.05, 4.69) is 38.5 Å². The maximum atomic E-state index is 13.3. The summed E-state index contributed by atoms with van der Waals surface area (Å²) >= 11 is 2.15. The van der Waals surface area contributed by atoms with Gasteiger partial charge in [-0.05, 0) is 65.5 Å². The van der Waals surface area contributed by atoms with E-state index in [1.165, 1.54) is 0 Å². The fourth-order valence-electron chi connectivity index (χ4n) is 4.86. The molecule has 5 N–H and O–H groups in total. The summed E-state index contributed by atoms with van der Waals surface area (Å²) in [6.07, 6.45) is 4.62. The molecule has 3 rings (SSSR count). The van der Waals surface area contributed by atoms with Crippen molar-refractivity contribution in [2.24, 2.45) is 11.8 Å². The number of rotatable bonds is 11. The third kappa shape index (κ3) is 9.37. The average molecular weight is 652 g/mol. The van der Waals surface area contributed by atoms with Gasteiger partial charge in [0.15, 0.2) is 0 Å². The number of aliphatic hydroxyl groups is 1. The lowest BCUT2D eigenvalue weighted by atomic mass is 9.84. The van der Waals surface area contributed by atoms with Crippen molar-refractivity contribution >= 4 is 50.6 Å². The largest absolute Gasteiger partial charge is 0.445 e. The molecule has 3 amide bonds. The van der Waals surface area contributed by atoms with Gasteiger partial charge < -0.3 is 25.8 Å². The molecule has 37 heavy (non-hydrogen) atoms. The molecule has 2 fully saturated rings. The van der Waals surface area contributed by atoms with Gasteiger partial charge in [0.05, 0.1) is 6.04 Å². The Kier molecular flexibility index (Phi) is 11.0. The van der Waals surface area contributed by atoms with E-state index in [0.29, 0.717) is 19.4 Å². The van der Waals surface area contributed by atoms with E-state index in [1.54, 1.807) is 0 Å². The number of nitrogens with one attached hydrogen (secondary N) is 3. The van der Waals surface area contributed by atoms with Crippen LogP contribution in [0, 0.1) is 15.4 Å². The smallest absolute Gasteiger partial charge is 0.408 e. The summed E-state index contributed by atoms with van der Waals surface area (Å²) in [7, 11) is -4.93. The SMILES string of the molecule is O=C(NC(CC1CCCCC1)C(=O)N[C@@H](CC1CCNC1=O)C(O)S(=O)(=O)O)OCc1cccc(I)c1. The van der Waals surface area contributed by atoms with Crippen LogP contribution in [0.4, 0.5) is 4.79 Å². The first-order chi connectivity index (χ1) is 17.5. The van der Waals surface area contributed by atoms with Gasteiger partial charge in [-0.3, -0.25) is 14.1 Å². The second-order valence-electron chi connectivity index (χ2n) is 9.68. The van der Waals surface area contributed by atoms with E-state index in [4.69, 9.17) is 4.74 Å². The molecule has 3 unspecified atom stereocenters. The van der Waals surface area contributed by atoms with Crippen LogP contribution in [0.3, 0.4) is 0 Å². The molecule has 2 aliphatic rings. The fourth-order valence-corrected chi connectivity index (χ4v) is 6.06. The van der Waals surface area contributed by atoms with Crippen molar-refractivity contribution in [3.63, 3.8) is 0 Å². The molecule has 1 aromatic rings. The van der Waals surface area contributed by atoms with Crippen molar-refractivity contribution in [1.82, 2.24) is 16.0 Å². The second kappa shape index (κ2) is 13.7. The van der Waals surface area contributed by atoms with Gasteiger partial charge in [-0.25, -0.2) is 4.79 Å². The van der Waals surface area contributed by atoms with E-state index >= 15 is 0 Å². The van der Waals surface area contributed by atoms with E-state index in [-0.39, 0.29) is 24.9 Å². The molecule has 13 heteroatoms. The van der Waals surface area contributed by atoms with Crippen LogP contribution >= 0.6 is 22.6 Å². The number of hydrogen-bond donors (Lipinski definition) is 5. The van der Waals surface area contributed by atoms with Gasteiger partial charge >= 0.3 is 6.09 Å². The van der Waals surface area contributed by atoms with Crippen molar-refractivity contribution in [1.29, 1.82) is 0 Å². The summed E-state index contributed by atoms with van der Waals surface area (Å²) < 4.78 is 39.1. The van der Waals surface area contributed by atoms with Gasteiger partial charge in [0.1, 0.15) is 12.6 Å². The Morgan fingerprint density at radius 3 is 2.49 bits per heavy atom. The molecular formula is C24H34IN3O8S. The molecule has 1 aliphatic carbocycles. The lowest BCUT2D eigenvalue weighted by molar-refractivity contribution is -0.126. The average Bonchev–Trinajstić information content (AvgIpc) is 3.25. The van der Waals surface area contributed by atoms with Crippen molar-refractivity contribution in [2.75, 3.05) is 6.54 Å². The van der Waals surface area contributed by atoms with Gasteiger partial charge in [-0.1, -0.05) is 44.2 Å². The zero-order valence-corrected chi connectivity index (χ0v) is 23.4. The lowest BCUT2D eigenvalue weighted by Gasteiger charge is -2.29. The quantitative estimate of drug-likeness (QED) is 0.179. The van der Waals surface area contributed by atoms with E-state index in [9.17, 15) is 32.5 Å². The zero-order chi connectivity index (χ0) is 27.0. The minimum absolute atomic E-state index is 0.00132. The molecule has 1 aromatic carbocycles. The summed E-state index contributed by atoms with van der Waals surface area (Å²) in [6, 6.07) is 4.90. The number of carbonyl (C=O) groups excluding carboxylic acids is 3. The highest BCUT2D eigenvalue weighted by Gasteiger charge is 2.38. The molecule has 0 aromatic heterocycles. The maximum absolute atomic E-state index is 13.3. The molecule has 1 saturated heterocycles. The summed E-state index contributed by atoms with van der Waals surface area (Å²) in [5, 5.41) is 17.9. The first-order valence-electron chi connectivity index (χ1n) is 12.4. The van der Waals surface area contributed by atoms with Crippen molar-refractivity contribution in [3.8, 4) is 0 Å². The standard InChI is InChI=1S/C24H34IN3O8S/c25-18-8-4-7-16(11-18)14-36-24(32)28-19(12-15-5-2-1-3-6-15)22(30)27-20(23(31)37(33,34)35)13-17-9-10-26-21(17)29/h4,7-8,11,15,17,19-20,23,31H,1-3,5-6,9-10,12-14H2,(H,26,29)(H,27,30)(H,28,32)(H,33,34,35)/t17?,19?,20-,23?/m0/s1. The van der Waals surface area contributed by atoms with Gasteiger partial charge in [0.25, 0.3) is 10.1 Å². The summed E-state index contributed by atoms with van der Waals surface area (Å²) in [5.41, 5.74) is -1.55. The van der Waals surface area contributed by atoms with Crippen LogP contribution in [0.25, 0.3) is 0 Å². The molecule has 206 valence electrons. The first-order valence-corrected chi connectivity index (χ1v) is 15.0. The number of alkyl carbamates (subject to hydrolysis) is 1. The molecular weight excluding hydrogens is 617 g/mol. The summed E-state index contributed by atoms with van der Waals surface area (Å²) in [5.74, 6) is -1.50. The van der Waals surface area contributed by atoms with Crippen LogP contribution in [-0.2, 0) is 31.1 Å². The number of ether oxygens (including phenoxy) is 1. The topological polar surface area (TPSA) is 171 Å². The van der Waals surface area contributed by atoms with Crippen LogP contribution in [0.2, 0.25) is 0 Å². The van der Waals surface area contributed by atoms with Crippen LogP contribution in [0.5, 0.6) is 0 Å². The van der Waals surface area contributed by atoms with E-state index < -0.39 is 45.6 Å². The number of halogens is 1. The summed E-state index contributed by atoms with van der Waals surface area (Å²) in [4.78, 5) is 37.9. The van der Waals surface area contributed by atoms with Crippen LogP contribution in [-0.4, -0.2) is 60.0 Å². The summed E-state index contributed by atoms with van der Waals surface area (Å²) in [6.45, 7) is 0.394. The third-order valence-corrected chi connectivity index (χ3v) is 8.45. The van der Waals surface area contributed by atoms with Crippen LogP contribution in [0.1, 0.15) is 56.9 Å². The normalized spacial score (nSPS) is 20.9. The molecule has 0 bridgehead atoms. The number of hydrogen-bond acceptors (Lipinski definition) is 7. The Balaban J connectivity index is 1.71. The Bertz CT molecular complexity index is 1060. The zero-order valence-electron chi connectivity index (χ0n) is 20.4. The Morgan fingerprint density at radius 1 is 1.14 bits per heavy atom. The monoisotopic (exact) mass is 651 g/mol. The number of amides is 3. The van der Waals surface area contributed by atoms with E-state index in [0.717, 1.165) is 41.2 Å².